The summed E-state index contributed by atoms with van der Waals surface area (Å²) >= 11 is 0. The number of fused-ring (bicyclic) bond motifs is 1. The Bertz CT molecular complexity index is 1080. The molecule has 5 nitrogen and oxygen atoms in total. The van der Waals surface area contributed by atoms with E-state index in [-0.39, 0.29) is 6.61 Å². The minimum absolute atomic E-state index is 0.0976. The summed E-state index contributed by atoms with van der Waals surface area (Å²) in [5.41, 5.74) is 1.24. The Morgan fingerprint density at radius 2 is 1.71 bits per heavy atom. The van der Waals surface area contributed by atoms with E-state index in [0.717, 1.165) is 11.1 Å². The Morgan fingerprint density at radius 1 is 1.07 bits per heavy atom. The number of rotatable bonds is 5. The molecule has 0 radical (unpaired) electrons. The van der Waals surface area contributed by atoms with Gasteiger partial charge in [-0.25, -0.2) is 14.0 Å². The molecule has 0 aliphatic carbocycles. The Hall–Kier alpha value is -3.15. The largest absolute Gasteiger partial charge is 0.476 e. The zero-order valence-corrected chi connectivity index (χ0v) is 16.2. The Labute approximate surface area is 161 Å². The number of hydrogen-bond donors (Lipinski definition) is 0. The van der Waals surface area contributed by atoms with Crippen LogP contribution in [0.15, 0.2) is 51.7 Å². The standard InChI is InChI=1S/C22H21FO5/c1-13-9-18-15(11-20(24)27-19(18)10-14(13)2)12-26-21(25)22(3,4)28-17-7-5-16(23)6-8-17/h5-11H,12H2,1-4H3. The summed E-state index contributed by atoms with van der Waals surface area (Å²) in [4.78, 5) is 24.4. The molecular formula is C22H21FO5. The second-order valence-corrected chi connectivity index (χ2v) is 7.17. The third-order valence-corrected chi connectivity index (χ3v) is 4.48. The normalized spacial score (nSPS) is 11.5. The van der Waals surface area contributed by atoms with Crippen LogP contribution in [0, 0.1) is 19.7 Å². The van der Waals surface area contributed by atoms with E-state index in [9.17, 15) is 14.0 Å². The van der Waals surface area contributed by atoms with Crippen LogP contribution >= 0.6 is 0 Å². The molecule has 0 spiro atoms. The molecule has 0 atom stereocenters. The molecule has 0 unspecified atom stereocenters. The molecule has 0 saturated heterocycles. The molecule has 2 aromatic carbocycles. The van der Waals surface area contributed by atoms with Crippen LogP contribution in [0.4, 0.5) is 4.39 Å². The summed E-state index contributed by atoms with van der Waals surface area (Å²) in [6.45, 7) is 6.90. The maximum atomic E-state index is 13.0. The van der Waals surface area contributed by atoms with Crippen molar-refractivity contribution in [1.82, 2.24) is 0 Å². The molecular weight excluding hydrogens is 363 g/mol. The van der Waals surface area contributed by atoms with E-state index in [1.54, 1.807) is 19.9 Å². The zero-order chi connectivity index (χ0) is 20.5. The first kappa shape index (κ1) is 19.6. The second kappa shape index (κ2) is 7.46. The van der Waals surface area contributed by atoms with Gasteiger partial charge in [-0.3, -0.25) is 0 Å². The Morgan fingerprint density at radius 3 is 2.39 bits per heavy atom. The van der Waals surface area contributed by atoms with Gasteiger partial charge in [0.05, 0.1) is 0 Å². The van der Waals surface area contributed by atoms with Crippen LogP contribution in [-0.4, -0.2) is 11.6 Å². The third-order valence-electron chi connectivity index (χ3n) is 4.48. The average molecular weight is 384 g/mol. The average Bonchev–Trinajstić information content (AvgIpc) is 2.62. The van der Waals surface area contributed by atoms with Gasteiger partial charge in [-0.1, -0.05) is 0 Å². The van der Waals surface area contributed by atoms with E-state index < -0.39 is 23.0 Å². The van der Waals surface area contributed by atoms with Crippen molar-refractivity contribution < 1.29 is 23.1 Å². The lowest BCUT2D eigenvalue weighted by atomic mass is 10.0. The number of halogens is 1. The molecule has 6 heteroatoms. The van der Waals surface area contributed by atoms with Crippen molar-refractivity contribution in [2.24, 2.45) is 0 Å². The van der Waals surface area contributed by atoms with Crippen molar-refractivity contribution in [3.05, 3.63) is 75.4 Å². The summed E-state index contributed by atoms with van der Waals surface area (Å²) < 4.78 is 29.3. The van der Waals surface area contributed by atoms with Crippen LogP contribution in [-0.2, 0) is 16.1 Å². The van der Waals surface area contributed by atoms with Crippen LogP contribution in [0.25, 0.3) is 11.0 Å². The summed E-state index contributed by atoms with van der Waals surface area (Å²) in [5.74, 6) is -0.657. The lowest BCUT2D eigenvalue weighted by Crippen LogP contribution is -2.39. The van der Waals surface area contributed by atoms with Gasteiger partial charge in [-0.15, -0.1) is 0 Å². The quantitative estimate of drug-likeness (QED) is 0.480. The van der Waals surface area contributed by atoms with Crippen LogP contribution in [0.3, 0.4) is 0 Å². The fraction of sp³-hybridized carbons (Fsp3) is 0.273. The number of carbonyl (C=O) groups excluding carboxylic acids is 1. The van der Waals surface area contributed by atoms with Crippen molar-refractivity contribution in [3.63, 3.8) is 0 Å². The van der Waals surface area contributed by atoms with E-state index in [4.69, 9.17) is 13.9 Å². The topological polar surface area (TPSA) is 65.7 Å². The molecule has 0 bridgehead atoms. The van der Waals surface area contributed by atoms with Crippen LogP contribution in [0.5, 0.6) is 5.75 Å². The number of aryl methyl sites for hydroxylation is 2. The van der Waals surface area contributed by atoms with Crippen molar-refractivity contribution in [2.45, 2.75) is 39.9 Å². The predicted octanol–water partition coefficient (Wildman–Crippen LogP) is 4.45. The van der Waals surface area contributed by atoms with Gasteiger partial charge in [0.1, 0.15) is 23.8 Å². The Kier molecular flexibility index (Phi) is 5.23. The first-order valence-electron chi connectivity index (χ1n) is 8.81. The second-order valence-electron chi connectivity index (χ2n) is 7.17. The van der Waals surface area contributed by atoms with E-state index >= 15 is 0 Å². The van der Waals surface area contributed by atoms with E-state index in [2.05, 4.69) is 0 Å². The van der Waals surface area contributed by atoms with Gasteiger partial charge in [-0.05, 0) is 75.2 Å². The first-order chi connectivity index (χ1) is 13.2. The summed E-state index contributed by atoms with van der Waals surface area (Å²) in [7, 11) is 0. The molecule has 0 amide bonds. The highest BCUT2D eigenvalue weighted by Gasteiger charge is 2.32. The maximum absolute atomic E-state index is 13.0. The maximum Gasteiger partial charge on any atom is 0.350 e. The monoisotopic (exact) mass is 384 g/mol. The van der Waals surface area contributed by atoms with E-state index in [1.165, 1.54) is 30.3 Å². The van der Waals surface area contributed by atoms with Gasteiger partial charge in [0.15, 0.2) is 5.60 Å². The van der Waals surface area contributed by atoms with Gasteiger partial charge in [0.25, 0.3) is 0 Å². The van der Waals surface area contributed by atoms with Crippen molar-refractivity contribution in [3.8, 4) is 5.75 Å². The SMILES string of the molecule is Cc1cc2oc(=O)cc(COC(=O)C(C)(C)Oc3ccc(F)cc3)c2cc1C. The van der Waals surface area contributed by atoms with Crippen molar-refractivity contribution in [2.75, 3.05) is 0 Å². The van der Waals surface area contributed by atoms with Crippen LogP contribution in [0.1, 0.15) is 30.5 Å². The fourth-order valence-electron chi connectivity index (χ4n) is 2.76. The van der Waals surface area contributed by atoms with Crippen molar-refractivity contribution >= 4 is 16.9 Å². The predicted molar refractivity (Wildman–Crippen MR) is 103 cm³/mol. The van der Waals surface area contributed by atoms with Gasteiger partial charge >= 0.3 is 11.6 Å². The molecule has 0 aliphatic rings. The molecule has 3 rings (SSSR count). The molecule has 0 saturated carbocycles. The number of benzene rings is 2. The van der Waals surface area contributed by atoms with Gasteiger partial charge < -0.3 is 13.9 Å². The highest BCUT2D eigenvalue weighted by Crippen LogP contribution is 2.24. The number of carbonyl (C=O) groups is 1. The molecule has 0 fully saturated rings. The smallest absolute Gasteiger partial charge is 0.350 e. The molecule has 146 valence electrons. The first-order valence-corrected chi connectivity index (χ1v) is 8.81. The minimum atomic E-state index is -1.29. The van der Waals surface area contributed by atoms with Gasteiger partial charge in [0, 0.05) is 17.0 Å². The van der Waals surface area contributed by atoms with Crippen LogP contribution < -0.4 is 10.4 Å². The highest BCUT2D eigenvalue weighted by molar-refractivity contribution is 5.83. The lowest BCUT2D eigenvalue weighted by Gasteiger charge is -2.24. The number of hydrogen-bond acceptors (Lipinski definition) is 5. The molecule has 3 aromatic rings. The molecule has 0 N–H and O–H groups in total. The third kappa shape index (κ3) is 4.22. The van der Waals surface area contributed by atoms with Gasteiger partial charge in [0.2, 0.25) is 0 Å². The molecule has 1 aromatic heterocycles. The van der Waals surface area contributed by atoms with E-state index in [0.29, 0.717) is 22.3 Å². The number of ether oxygens (including phenoxy) is 2. The summed E-state index contributed by atoms with van der Waals surface area (Å²) in [6.07, 6.45) is 0. The molecule has 1 heterocycles. The summed E-state index contributed by atoms with van der Waals surface area (Å²) in [6, 6.07) is 10.4. The number of esters is 1. The minimum Gasteiger partial charge on any atom is -0.476 e. The summed E-state index contributed by atoms with van der Waals surface area (Å²) in [5, 5.41) is 0.716. The Balaban J connectivity index is 1.79. The van der Waals surface area contributed by atoms with Crippen molar-refractivity contribution in [1.29, 1.82) is 0 Å². The fourth-order valence-corrected chi connectivity index (χ4v) is 2.76. The van der Waals surface area contributed by atoms with Gasteiger partial charge in [-0.2, -0.15) is 0 Å². The molecule has 0 aliphatic heterocycles. The molecule has 28 heavy (non-hydrogen) atoms. The van der Waals surface area contributed by atoms with E-state index in [1.807, 2.05) is 19.9 Å². The lowest BCUT2D eigenvalue weighted by molar-refractivity contribution is -0.160. The highest BCUT2D eigenvalue weighted by atomic mass is 19.1. The van der Waals surface area contributed by atoms with Crippen LogP contribution in [0.2, 0.25) is 0 Å². The zero-order valence-electron chi connectivity index (χ0n) is 16.2.